The van der Waals surface area contributed by atoms with Crippen molar-refractivity contribution < 1.29 is 0 Å². The van der Waals surface area contributed by atoms with Gasteiger partial charge < -0.3 is 11.1 Å². The van der Waals surface area contributed by atoms with Crippen molar-refractivity contribution in [2.75, 3.05) is 11.1 Å². The Kier molecular flexibility index (Phi) is 3.67. The van der Waals surface area contributed by atoms with Crippen LogP contribution in [0.3, 0.4) is 0 Å². The van der Waals surface area contributed by atoms with Crippen molar-refractivity contribution in [3.8, 4) is 6.07 Å². The van der Waals surface area contributed by atoms with Crippen LogP contribution in [-0.4, -0.2) is 0 Å². The van der Waals surface area contributed by atoms with Crippen LogP contribution in [0.1, 0.15) is 10.4 Å². The highest BCUT2D eigenvalue weighted by Gasteiger charge is 2.01. The van der Waals surface area contributed by atoms with E-state index in [-0.39, 0.29) is 0 Å². The van der Waals surface area contributed by atoms with Gasteiger partial charge in [-0.05, 0) is 40.2 Å². The van der Waals surface area contributed by atoms with Gasteiger partial charge in [0.05, 0.1) is 11.3 Å². The Hall–Kier alpha value is -1.51. The molecule has 3 nitrogen and oxygen atoms in total. The molecule has 1 aromatic heterocycles. The average Bonchev–Trinajstić information content (AvgIpc) is 2.73. The molecule has 5 heteroatoms. The van der Waals surface area contributed by atoms with Crippen LogP contribution < -0.4 is 11.1 Å². The second kappa shape index (κ2) is 5.21. The van der Waals surface area contributed by atoms with Crippen LogP contribution in [0.15, 0.2) is 34.1 Å². The van der Waals surface area contributed by atoms with Gasteiger partial charge in [-0.1, -0.05) is 0 Å². The molecule has 0 aliphatic rings. The lowest BCUT2D eigenvalue weighted by Gasteiger charge is -2.06. The molecular formula is C12H10BrN3S. The number of anilines is 2. The molecule has 3 N–H and O–H groups in total. The number of nitriles is 1. The summed E-state index contributed by atoms with van der Waals surface area (Å²) >= 11 is 5.10. The first-order chi connectivity index (χ1) is 8.19. The molecule has 1 aromatic carbocycles. The average molecular weight is 308 g/mol. The molecule has 0 saturated carbocycles. The Morgan fingerprint density at radius 2 is 2.24 bits per heavy atom. The molecule has 86 valence electrons. The number of nitrogens with two attached hydrogens (primary N) is 1. The highest BCUT2D eigenvalue weighted by atomic mass is 79.9. The second-order valence-electron chi connectivity index (χ2n) is 3.50. The summed E-state index contributed by atoms with van der Waals surface area (Å²) in [7, 11) is 0. The third-order valence-corrected chi connectivity index (χ3v) is 3.96. The molecule has 2 rings (SSSR count). The highest BCUT2D eigenvalue weighted by molar-refractivity contribution is 9.10. The van der Waals surface area contributed by atoms with Crippen LogP contribution in [0.2, 0.25) is 0 Å². The highest BCUT2D eigenvalue weighted by Crippen LogP contribution is 2.22. The Morgan fingerprint density at radius 1 is 1.41 bits per heavy atom. The molecule has 0 radical (unpaired) electrons. The zero-order valence-electron chi connectivity index (χ0n) is 8.90. The normalized spacial score (nSPS) is 9.88. The number of halogens is 1. The largest absolute Gasteiger partial charge is 0.398 e. The first-order valence-electron chi connectivity index (χ1n) is 4.95. The molecule has 1 heterocycles. The number of thiophene rings is 1. The first-order valence-corrected chi connectivity index (χ1v) is 6.62. The minimum absolute atomic E-state index is 0.505. The van der Waals surface area contributed by atoms with Crippen LogP contribution in [-0.2, 0) is 6.54 Å². The number of rotatable bonds is 3. The molecule has 0 bridgehead atoms. The van der Waals surface area contributed by atoms with E-state index in [4.69, 9.17) is 11.0 Å². The summed E-state index contributed by atoms with van der Waals surface area (Å²) < 4.78 is 1.10. The molecule has 17 heavy (non-hydrogen) atoms. The fourth-order valence-electron chi connectivity index (χ4n) is 1.41. The van der Waals surface area contributed by atoms with Crippen molar-refractivity contribution in [1.82, 2.24) is 0 Å². The molecule has 0 saturated heterocycles. The van der Waals surface area contributed by atoms with Crippen LogP contribution in [0.25, 0.3) is 0 Å². The third kappa shape index (κ3) is 2.99. The maximum atomic E-state index is 8.77. The Labute approximate surface area is 112 Å². The molecular weight excluding hydrogens is 298 g/mol. The predicted molar refractivity (Wildman–Crippen MR) is 74.9 cm³/mol. The summed E-state index contributed by atoms with van der Waals surface area (Å²) in [5.74, 6) is 0. The molecule has 0 aliphatic carbocycles. The summed E-state index contributed by atoms with van der Waals surface area (Å²) in [6, 6.07) is 9.48. The topological polar surface area (TPSA) is 61.8 Å². The van der Waals surface area contributed by atoms with E-state index in [2.05, 4.69) is 27.3 Å². The fourth-order valence-corrected chi connectivity index (χ4v) is 2.80. The second-order valence-corrected chi connectivity index (χ2v) is 5.41. The molecule has 0 spiro atoms. The van der Waals surface area contributed by atoms with Gasteiger partial charge in [-0.25, -0.2) is 0 Å². The fraction of sp³-hybridized carbons (Fsp3) is 0.0833. The van der Waals surface area contributed by atoms with Crippen molar-refractivity contribution in [3.63, 3.8) is 0 Å². The van der Waals surface area contributed by atoms with E-state index in [9.17, 15) is 0 Å². The molecule has 0 amide bonds. The van der Waals surface area contributed by atoms with Crippen molar-refractivity contribution in [2.24, 2.45) is 0 Å². The van der Waals surface area contributed by atoms with Gasteiger partial charge in [0.15, 0.2) is 0 Å². The summed E-state index contributed by atoms with van der Waals surface area (Å²) in [5, 5.41) is 14.1. The van der Waals surface area contributed by atoms with Crippen molar-refractivity contribution in [3.05, 3.63) is 44.6 Å². The Bertz CT molecular complexity index is 571. The van der Waals surface area contributed by atoms with E-state index >= 15 is 0 Å². The molecule has 2 aromatic rings. The van der Waals surface area contributed by atoms with Gasteiger partial charge in [0.2, 0.25) is 0 Å². The lowest BCUT2D eigenvalue weighted by atomic mass is 10.2. The smallest absolute Gasteiger partial charge is 0.101 e. The summed E-state index contributed by atoms with van der Waals surface area (Å²) in [6.45, 7) is 0.752. The van der Waals surface area contributed by atoms with E-state index in [1.54, 1.807) is 23.5 Å². The zero-order valence-corrected chi connectivity index (χ0v) is 11.3. The number of nitrogens with one attached hydrogen (secondary N) is 1. The van der Waals surface area contributed by atoms with E-state index in [1.165, 1.54) is 4.88 Å². The van der Waals surface area contributed by atoms with E-state index in [1.807, 2.05) is 17.5 Å². The van der Waals surface area contributed by atoms with Gasteiger partial charge >= 0.3 is 0 Å². The monoisotopic (exact) mass is 307 g/mol. The van der Waals surface area contributed by atoms with Crippen LogP contribution >= 0.6 is 27.3 Å². The van der Waals surface area contributed by atoms with Crippen LogP contribution in [0.4, 0.5) is 11.4 Å². The van der Waals surface area contributed by atoms with Gasteiger partial charge in [0.25, 0.3) is 0 Å². The molecule has 0 unspecified atom stereocenters. The quantitative estimate of drug-likeness (QED) is 0.852. The molecule has 0 fully saturated rings. The minimum Gasteiger partial charge on any atom is -0.398 e. The lowest BCUT2D eigenvalue weighted by Crippen LogP contribution is -1.99. The van der Waals surface area contributed by atoms with Gasteiger partial charge in [0, 0.05) is 27.0 Å². The third-order valence-electron chi connectivity index (χ3n) is 2.26. The molecule has 0 aliphatic heterocycles. The van der Waals surface area contributed by atoms with E-state index in [0.29, 0.717) is 11.3 Å². The van der Waals surface area contributed by atoms with Crippen molar-refractivity contribution in [1.29, 1.82) is 5.26 Å². The molecule has 0 atom stereocenters. The van der Waals surface area contributed by atoms with Gasteiger partial charge in [-0.3, -0.25) is 0 Å². The number of benzene rings is 1. The van der Waals surface area contributed by atoms with Crippen molar-refractivity contribution in [2.45, 2.75) is 6.54 Å². The van der Waals surface area contributed by atoms with Gasteiger partial charge in [-0.2, -0.15) is 5.26 Å². The van der Waals surface area contributed by atoms with Gasteiger partial charge in [-0.15, -0.1) is 11.3 Å². The maximum absolute atomic E-state index is 8.77. The predicted octanol–water partition coefficient (Wildman–Crippen LogP) is 3.58. The SMILES string of the molecule is N#Cc1ccc(NCc2cc(Br)cs2)cc1N. The zero-order chi connectivity index (χ0) is 12.3. The van der Waals surface area contributed by atoms with Gasteiger partial charge in [0.1, 0.15) is 6.07 Å². The summed E-state index contributed by atoms with van der Waals surface area (Å²) in [5.41, 5.74) is 7.67. The maximum Gasteiger partial charge on any atom is 0.101 e. The number of hydrogen-bond acceptors (Lipinski definition) is 4. The number of nitrogen functional groups attached to an aromatic ring is 1. The Balaban J connectivity index is 2.05. The van der Waals surface area contributed by atoms with Crippen molar-refractivity contribution >= 4 is 38.6 Å². The Morgan fingerprint density at radius 3 is 2.82 bits per heavy atom. The first kappa shape index (κ1) is 12.0. The number of hydrogen-bond donors (Lipinski definition) is 2. The van der Waals surface area contributed by atoms with E-state index < -0.39 is 0 Å². The van der Waals surface area contributed by atoms with Crippen LogP contribution in [0, 0.1) is 11.3 Å². The lowest BCUT2D eigenvalue weighted by molar-refractivity contribution is 1.19. The number of nitrogens with zero attached hydrogens (tertiary/aromatic N) is 1. The summed E-state index contributed by atoms with van der Waals surface area (Å²) in [4.78, 5) is 1.24. The minimum atomic E-state index is 0.505. The van der Waals surface area contributed by atoms with Crippen LogP contribution in [0.5, 0.6) is 0 Å². The standard InChI is InChI=1S/C12H10BrN3S/c13-9-3-11(17-7-9)6-16-10-2-1-8(5-14)12(15)4-10/h1-4,7,16H,6,15H2. The van der Waals surface area contributed by atoms with E-state index in [0.717, 1.165) is 16.7 Å². The summed E-state index contributed by atoms with van der Waals surface area (Å²) in [6.07, 6.45) is 0.